The van der Waals surface area contributed by atoms with Gasteiger partial charge in [-0.25, -0.2) is 8.42 Å². The van der Waals surface area contributed by atoms with E-state index in [9.17, 15) is 13.2 Å². The lowest BCUT2D eigenvalue weighted by Crippen LogP contribution is -2.54. The van der Waals surface area contributed by atoms with Gasteiger partial charge in [0.05, 0.1) is 13.2 Å². The third kappa shape index (κ3) is 6.18. The number of sulfonamides is 1. The number of nitrogens with one attached hydrogen (secondary N) is 1. The highest BCUT2D eigenvalue weighted by atomic mass is 32.2. The SMILES string of the molecule is COc1ccc(C)cc1S(=O)(=O)N[C@@H](C)C(=O)N1CCN(C/C=C/c2ccccc2)CC1. The van der Waals surface area contributed by atoms with Crippen molar-refractivity contribution in [3.05, 3.63) is 65.7 Å². The molecule has 1 aliphatic heterocycles. The molecule has 1 heterocycles. The molecule has 32 heavy (non-hydrogen) atoms. The fourth-order valence-corrected chi connectivity index (χ4v) is 5.12. The Morgan fingerprint density at radius 2 is 1.81 bits per heavy atom. The number of rotatable bonds is 8. The molecule has 1 N–H and O–H groups in total. The molecular weight excluding hydrogens is 426 g/mol. The van der Waals surface area contributed by atoms with E-state index in [1.807, 2.05) is 25.1 Å². The first-order valence-corrected chi connectivity index (χ1v) is 12.2. The number of carbonyl (C=O) groups is 1. The van der Waals surface area contributed by atoms with Crippen molar-refractivity contribution >= 4 is 22.0 Å². The normalized spacial score (nSPS) is 16.3. The molecule has 0 spiro atoms. The first-order chi connectivity index (χ1) is 15.3. The Kier molecular flexibility index (Phi) is 8.06. The van der Waals surface area contributed by atoms with Crippen molar-refractivity contribution in [2.24, 2.45) is 0 Å². The highest BCUT2D eigenvalue weighted by molar-refractivity contribution is 7.89. The smallest absolute Gasteiger partial charge is 0.244 e. The maximum atomic E-state index is 12.9. The van der Waals surface area contributed by atoms with Crippen LogP contribution < -0.4 is 9.46 Å². The van der Waals surface area contributed by atoms with Gasteiger partial charge in [-0.1, -0.05) is 48.6 Å². The average Bonchev–Trinajstić information content (AvgIpc) is 2.79. The molecular formula is C24H31N3O4S. The summed E-state index contributed by atoms with van der Waals surface area (Å²) < 4.78 is 33.4. The van der Waals surface area contributed by atoms with E-state index < -0.39 is 16.1 Å². The Labute approximate surface area is 190 Å². The first kappa shape index (κ1) is 24.0. The van der Waals surface area contributed by atoms with Gasteiger partial charge in [0.15, 0.2) is 0 Å². The molecule has 8 heteroatoms. The maximum absolute atomic E-state index is 12.9. The molecule has 1 saturated heterocycles. The van der Waals surface area contributed by atoms with Crippen molar-refractivity contribution in [3.8, 4) is 5.75 Å². The molecule has 1 aliphatic rings. The van der Waals surface area contributed by atoms with E-state index in [4.69, 9.17) is 4.74 Å². The zero-order chi connectivity index (χ0) is 23.1. The summed E-state index contributed by atoms with van der Waals surface area (Å²) in [7, 11) is -2.48. The van der Waals surface area contributed by atoms with Crippen LogP contribution in [0.3, 0.4) is 0 Å². The number of aryl methyl sites for hydroxylation is 1. The van der Waals surface area contributed by atoms with Gasteiger partial charge >= 0.3 is 0 Å². The largest absolute Gasteiger partial charge is 0.495 e. The average molecular weight is 458 g/mol. The van der Waals surface area contributed by atoms with Gasteiger partial charge in [-0.05, 0) is 37.1 Å². The van der Waals surface area contributed by atoms with Crippen molar-refractivity contribution in [3.63, 3.8) is 0 Å². The van der Waals surface area contributed by atoms with Gasteiger partial charge in [-0.15, -0.1) is 0 Å². The number of ether oxygens (including phenoxy) is 1. The minimum atomic E-state index is -3.90. The zero-order valence-corrected chi connectivity index (χ0v) is 19.6. The molecule has 0 saturated carbocycles. The van der Waals surface area contributed by atoms with Crippen LogP contribution in [0.4, 0.5) is 0 Å². The van der Waals surface area contributed by atoms with Crippen LogP contribution in [0, 0.1) is 6.92 Å². The molecule has 2 aromatic carbocycles. The number of hydrogen-bond acceptors (Lipinski definition) is 5. The Balaban J connectivity index is 1.53. The fourth-order valence-electron chi connectivity index (χ4n) is 3.67. The monoisotopic (exact) mass is 457 g/mol. The van der Waals surface area contributed by atoms with Crippen LogP contribution >= 0.6 is 0 Å². The van der Waals surface area contributed by atoms with Gasteiger partial charge in [-0.2, -0.15) is 4.72 Å². The van der Waals surface area contributed by atoms with Crippen molar-refractivity contribution in [2.75, 3.05) is 39.8 Å². The molecule has 1 amide bonds. The van der Waals surface area contributed by atoms with Crippen LogP contribution in [0.1, 0.15) is 18.1 Å². The van der Waals surface area contributed by atoms with Gasteiger partial charge in [0.25, 0.3) is 0 Å². The highest BCUT2D eigenvalue weighted by Crippen LogP contribution is 2.25. The van der Waals surface area contributed by atoms with E-state index in [2.05, 4.69) is 33.9 Å². The standard InChI is InChI=1S/C24H31N3O4S/c1-19-11-12-22(31-3)23(18-19)32(29,30)25-20(2)24(28)27-16-14-26(15-17-27)13-7-10-21-8-5-4-6-9-21/h4-12,18,20,25H,13-17H2,1-3H3/b10-7+/t20-/m0/s1. The Morgan fingerprint density at radius 1 is 1.12 bits per heavy atom. The van der Waals surface area contributed by atoms with E-state index in [-0.39, 0.29) is 16.6 Å². The van der Waals surface area contributed by atoms with Crippen molar-refractivity contribution < 1.29 is 17.9 Å². The summed E-state index contributed by atoms with van der Waals surface area (Å²) in [5.74, 6) is 0.0274. The molecule has 0 aromatic heterocycles. The number of hydrogen-bond donors (Lipinski definition) is 1. The fraction of sp³-hybridized carbons (Fsp3) is 0.375. The Morgan fingerprint density at radius 3 is 2.47 bits per heavy atom. The number of benzene rings is 2. The topological polar surface area (TPSA) is 78.9 Å². The molecule has 7 nitrogen and oxygen atoms in total. The summed E-state index contributed by atoms with van der Waals surface area (Å²) in [6.07, 6.45) is 4.22. The molecule has 172 valence electrons. The number of carbonyl (C=O) groups excluding carboxylic acids is 1. The quantitative estimate of drug-likeness (QED) is 0.659. The summed E-state index contributed by atoms with van der Waals surface area (Å²) in [5, 5.41) is 0. The van der Waals surface area contributed by atoms with Gasteiger partial charge < -0.3 is 9.64 Å². The molecule has 1 fully saturated rings. The van der Waals surface area contributed by atoms with E-state index in [1.54, 1.807) is 30.0 Å². The maximum Gasteiger partial charge on any atom is 0.244 e. The van der Waals surface area contributed by atoms with Crippen molar-refractivity contribution in [1.82, 2.24) is 14.5 Å². The van der Waals surface area contributed by atoms with Crippen LogP contribution in [0.2, 0.25) is 0 Å². The summed E-state index contributed by atoms with van der Waals surface area (Å²) in [6, 6.07) is 14.2. The number of methoxy groups -OCH3 is 1. The third-order valence-electron chi connectivity index (χ3n) is 5.47. The number of amides is 1. The van der Waals surface area contributed by atoms with E-state index >= 15 is 0 Å². The lowest BCUT2D eigenvalue weighted by atomic mass is 10.2. The number of nitrogens with zero attached hydrogens (tertiary/aromatic N) is 2. The molecule has 0 unspecified atom stereocenters. The summed E-state index contributed by atoms with van der Waals surface area (Å²) in [6.45, 7) is 6.83. The highest BCUT2D eigenvalue weighted by Gasteiger charge is 2.29. The van der Waals surface area contributed by atoms with Crippen LogP contribution in [0.15, 0.2) is 59.5 Å². The summed E-state index contributed by atoms with van der Waals surface area (Å²) in [4.78, 5) is 16.9. The van der Waals surface area contributed by atoms with E-state index in [1.165, 1.54) is 7.11 Å². The van der Waals surface area contributed by atoms with Gasteiger partial charge in [0.2, 0.25) is 15.9 Å². The molecule has 0 aliphatic carbocycles. The van der Waals surface area contributed by atoms with Gasteiger partial charge in [-0.3, -0.25) is 9.69 Å². The second-order valence-corrected chi connectivity index (χ2v) is 9.62. The molecule has 0 radical (unpaired) electrons. The van der Waals surface area contributed by atoms with Gasteiger partial charge in [0, 0.05) is 32.7 Å². The molecule has 3 rings (SSSR count). The van der Waals surface area contributed by atoms with Crippen LogP contribution in [-0.2, 0) is 14.8 Å². The second kappa shape index (κ2) is 10.8. The zero-order valence-electron chi connectivity index (χ0n) is 18.8. The first-order valence-electron chi connectivity index (χ1n) is 10.7. The van der Waals surface area contributed by atoms with Crippen LogP contribution in [0.25, 0.3) is 6.08 Å². The minimum absolute atomic E-state index is 0.0367. The van der Waals surface area contributed by atoms with Gasteiger partial charge in [0.1, 0.15) is 10.6 Å². The van der Waals surface area contributed by atoms with E-state index in [0.29, 0.717) is 13.1 Å². The Hall–Kier alpha value is -2.68. The number of piperazine rings is 1. The predicted octanol–water partition coefficient (Wildman–Crippen LogP) is 2.53. The lowest BCUT2D eigenvalue weighted by Gasteiger charge is -2.35. The minimum Gasteiger partial charge on any atom is -0.495 e. The summed E-state index contributed by atoms with van der Waals surface area (Å²) in [5.41, 5.74) is 1.95. The van der Waals surface area contributed by atoms with Crippen LogP contribution in [0.5, 0.6) is 5.75 Å². The van der Waals surface area contributed by atoms with Crippen molar-refractivity contribution in [2.45, 2.75) is 24.8 Å². The Bertz CT molecular complexity index is 1050. The summed E-state index contributed by atoms with van der Waals surface area (Å²) >= 11 is 0. The van der Waals surface area contributed by atoms with Crippen LogP contribution in [-0.4, -0.2) is 70.0 Å². The van der Waals surface area contributed by atoms with Crippen molar-refractivity contribution in [1.29, 1.82) is 0 Å². The lowest BCUT2D eigenvalue weighted by molar-refractivity contribution is -0.134. The third-order valence-corrected chi connectivity index (χ3v) is 7.03. The second-order valence-electron chi connectivity index (χ2n) is 7.94. The molecule has 2 aromatic rings. The molecule has 0 bridgehead atoms. The molecule has 1 atom stereocenters. The van der Waals surface area contributed by atoms with E-state index in [0.717, 1.165) is 30.8 Å². The predicted molar refractivity (Wildman–Crippen MR) is 126 cm³/mol.